The second-order valence-corrected chi connectivity index (χ2v) is 4.56. The van der Waals surface area contributed by atoms with Gasteiger partial charge in [-0.15, -0.1) is 0 Å². The van der Waals surface area contributed by atoms with Crippen molar-refractivity contribution in [3.05, 3.63) is 29.3 Å². The van der Waals surface area contributed by atoms with E-state index in [9.17, 15) is 18.0 Å². The maximum Gasteiger partial charge on any atom is 0.471 e. The number of alkyl halides is 3. The van der Waals surface area contributed by atoms with Gasteiger partial charge in [0.05, 0.1) is 6.04 Å². The molecule has 0 aliphatic heterocycles. The Labute approximate surface area is 108 Å². The van der Waals surface area contributed by atoms with Crippen LogP contribution < -0.4 is 16.8 Å². The van der Waals surface area contributed by atoms with E-state index in [4.69, 9.17) is 11.5 Å². The number of benzene rings is 1. The van der Waals surface area contributed by atoms with Crippen molar-refractivity contribution in [2.24, 2.45) is 5.73 Å². The molecule has 2 unspecified atom stereocenters. The number of nitrogens with two attached hydrogens (primary N) is 2. The molecule has 1 aromatic rings. The molecule has 0 heterocycles. The minimum Gasteiger partial charge on any atom is -0.398 e. The molecule has 19 heavy (non-hydrogen) atoms. The summed E-state index contributed by atoms with van der Waals surface area (Å²) in [6.45, 7) is 0. The van der Waals surface area contributed by atoms with Crippen LogP contribution in [0.25, 0.3) is 0 Å². The highest BCUT2D eigenvalue weighted by Gasteiger charge is 2.41. The number of halogens is 3. The Hall–Kier alpha value is -1.76. The number of carbonyl (C=O) groups is 1. The van der Waals surface area contributed by atoms with Crippen molar-refractivity contribution in [3.63, 3.8) is 0 Å². The summed E-state index contributed by atoms with van der Waals surface area (Å²) >= 11 is 0. The van der Waals surface area contributed by atoms with Crippen LogP contribution >= 0.6 is 0 Å². The quantitative estimate of drug-likeness (QED) is 0.674. The number of fused-ring (bicyclic) bond motifs is 1. The first-order valence-corrected chi connectivity index (χ1v) is 5.81. The average molecular weight is 273 g/mol. The topological polar surface area (TPSA) is 81.1 Å². The summed E-state index contributed by atoms with van der Waals surface area (Å²) in [7, 11) is 0. The van der Waals surface area contributed by atoms with Gasteiger partial charge >= 0.3 is 12.1 Å². The van der Waals surface area contributed by atoms with E-state index in [0.717, 1.165) is 5.56 Å². The maximum atomic E-state index is 12.2. The number of nitrogen functional groups attached to an aromatic ring is 1. The van der Waals surface area contributed by atoms with Crippen LogP contribution in [0.1, 0.15) is 23.6 Å². The van der Waals surface area contributed by atoms with E-state index in [-0.39, 0.29) is 0 Å². The Balaban J connectivity index is 2.18. The van der Waals surface area contributed by atoms with Crippen molar-refractivity contribution in [2.75, 3.05) is 5.73 Å². The molecule has 0 aromatic heterocycles. The zero-order chi connectivity index (χ0) is 14.2. The molecule has 2 rings (SSSR count). The van der Waals surface area contributed by atoms with Gasteiger partial charge in [0.1, 0.15) is 0 Å². The lowest BCUT2D eigenvalue weighted by Gasteiger charge is -2.32. The minimum atomic E-state index is -4.89. The summed E-state index contributed by atoms with van der Waals surface area (Å²) in [5, 5.41) is 1.94. The normalized spacial score (nSPS) is 22.7. The number of hydrogen-bond donors (Lipinski definition) is 3. The molecular weight excluding hydrogens is 259 g/mol. The van der Waals surface area contributed by atoms with Crippen molar-refractivity contribution in [2.45, 2.75) is 31.1 Å². The predicted molar refractivity (Wildman–Crippen MR) is 64.1 cm³/mol. The largest absolute Gasteiger partial charge is 0.471 e. The van der Waals surface area contributed by atoms with E-state index in [2.05, 4.69) is 0 Å². The van der Waals surface area contributed by atoms with Gasteiger partial charge in [-0.25, -0.2) is 0 Å². The van der Waals surface area contributed by atoms with Crippen molar-refractivity contribution in [1.82, 2.24) is 5.32 Å². The molecule has 1 aliphatic rings. The summed E-state index contributed by atoms with van der Waals surface area (Å²) in [5.41, 5.74) is 13.8. The molecule has 0 saturated carbocycles. The summed E-state index contributed by atoms with van der Waals surface area (Å²) in [4.78, 5) is 10.9. The third-order valence-corrected chi connectivity index (χ3v) is 3.32. The number of rotatable bonds is 1. The van der Waals surface area contributed by atoms with Crippen LogP contribution in [0.4, 0.5) is 18.9 Å². The fourth-order valence-electron chi connectivity index (χ4n) is 2.33. The molecule has 0 fully saturated rings. The van der Waals surface area contributed by atoms with Gasteiger partial charge in [-0.05, 0) is 30.0 Å². The Morgan fingerprint density at radius 2 is 2.05 bits per heavy atom. The smallest absolute Gasteiger partial charge is 0.398 e. The van der Waals surface area contributed by atoms with Crippen molar-refractivity contribution < 1.29 is 18.0 Å². The van der Waals surface area contributed by atoms with Gasteiger partial charge < -0.3 is 16.8 Å². The van der Waals surface area contributed by atoms with Crippen LogP contribution in [0.15, 0.2) is 18.2 Å². The van der Waals surface area contributed by atoms with Crippen LogP contribution in [0.3, 0.4) is 0 Å². The zero-order valence-electron chi connectivity index (χ0n) is 10.00. The number of amides is 1. The van der Waals surface area contributed by atoms with Gasteiger partial charge in [0.15, 0.2) is 0 Å². The highest BCUT2D eigenvalue weighted by Crippen LogP contribution is 2.32. The molecular formula is C12H14F3N3O. The Bertz CT molecular complexity index is 501. The standard InChI is InChI=1S/C12H14F3N3O/c13-12(14,15)11(19)18-9-5-4-6-7(10(9)17)2-1-3-8(6)16/h1-3,9-10H,4-5,16-17H2,(H,18,19). The summed E-state index contributed by atoms with van der Waals surface area (Å²) in [6, 6.07) is 3.73. The Morgan fingerprint density at radius 3 is 2.68 bits per heavy atom. The molecule has 1 aromatic carbocycles. The fourth-order valence-corrected chi connectivity index (χ4v) is 2.33. The monoisotopic (exact) mass is 273 g/mol. The van der Waals surface area contributed by atoms with Gasteiger partial charge in [-0.2, -0.15) is 13.2 Å². The van der Waals surface area contributed by atoms with E-state index in [1.165, 1.54) is 0 Å². The van der Waals surface area contributed by atoms with Crippen LogP contribution in [-0.4, -0.2) is 18.1 Å². The molecule has 0 radical (unpaired) electrons. The second kappa shape index (κ2) is 4.73. The van der Waals surface area contributed by atoms with Gasteiger partial charge in [0, 0.05) is 11.7 Å². The summed E-state index contributed by atoms with van der Waals surface area (Å²) in [6.07, 6.45) is -4.06. The first-order valence-electron chi connectivity index (χ1n) is 5.81. The van der Waals surface area contributed by atoms with Crippen molar-refractivity contribution in [1.29, 1.82) is 0 Å². The van der Waals surface area contributed by atoms with E-state index < -0.39 is 24.2 Å². The van der Waals surface area contributed by atoms with Crippen LogP contribution in [0.5, 0.6) is 0 Å². The van der Waals surface area contributed by atoms with Crippen LogP contribution in [0, 0.1) is 0 Å². The molecule has 104 valence electrons. The van der Waals surface area contributed by atoms with Gasteiger partial charge in [0.2, 0.25) is 0 Å². The van der Waals surface area contributed by atoms with Crippen molar-refractivity contribution in [3.8, 4) is 0 Å². The molecule has 2 atom stereocenters. The lowest BCUT2D eigenvalue weighted by atomic mass is 9.83. The lowest BCUT2D eigenvalue weighted by Crippen LogP contribution is -2.49. The first-order chi connectivity index (χ1) is 8.80. The van der Waals surface area contributed by atoms with Gasteiger partial charge in [0.25, 0.3) is 0 Å². The lowest BCUT2D eigenvalue weighted by molar-refractivity contribution is -0.174. The fraction of sp³-hybridized carbons (Fsp3) is 0.417. The number of carbonyl (C=O) groups excluding carboxylic acids is 1. The molecule has 7 heteroatoms. The van der Waals surface area contributed by atoms with Crippen molar-refractivity contribution >= 4 is 11.6 Å². The van der Waals surface area contributed by atoms with E-state index in [0.29, 0.717) is 24.1 Å². The number of nitrogens with one attached hydrogen (secondary N) is 1. The Morgan fingerprint density at radius 1 is 1.37 bits per heavy atom. The number of anilines is 1. The molecule has 5 N–H and O–H groups in total. The Kier molecular flexibility index (Phi) is 3.40. The molecule has 4 nitrogen and oxygen atoms in total. The maximum absolute atomic E-state index is 12.2. The average Bonchev–Trinajstić information content (AvgIpc) is 2.32. The highest BCUT2D eigenvalue weighted by molar-refractivity contribution is 5.82. The molecule has 1 aliphatic carbocycles. The van der Waals surface area contributed by atoms with Gasteiger partial charge in [-0.1, -0.05) is 12.1 Å². The predicted octanol–water partition coefficient (Wildman–Crippen LogP) is 1.26. The molecule has 1 amide bonds. The summed E-state index contributed by atoms with van der Waals surface area (Å²) in [5.74, 6) is -1.96. The second-order valence-electron chi connectivity index (χ2n) is 4.56. The summed E-state index contributed by atoms with van der Waals surface area (Å²) < 4.78 is 36.7. The first kappa shape index (κ1) is 13.7. The van der Waals surface area contributed by atoms with E-state index >= 15 is 0 Å². The highest BCUT2D eigenvalue weighted by atomic mass is 19.4. The third-order valence-electron chi connectivity index (χ3n) is 3.32. The van der Waals surface area contributed by atoms with Crippen LogP contribution in [-0.2, 0) is 11.2 Å². The minimum absolute atomic E-state index is 0.338. The van der Waals surface area contributed by atoms with E-state index in [1.807, 2.05) is 5.32 Å². The van der Waals surface area contributed by atoms with Gasteiger partial charge in [-0.3, -0.25) is 4.79 Å². The molecule has 0 bridgehead atoms. The van der Waals surface area contributed by atoms with Crippen LogP contribution in [0.2, 0.25) is 0 Å². The third kappa shape index (κ3) is 2.65. The molecule has 0 saturated heterocycles. The number of hydrogen-bond acceptors (Lipinski definition) is 3. The SMILES string of the molecule is Nc1cccc2c1CCC(NC(=O)C(F)(F)F)C2N. The molecule has 0 spiro atoms. The van der Waals surface area contributed by atoms with E-state index in [1.54, 1.807) is 18.2 Å². The zero-order valence-corrected chi connectivity index (χ0v) is 10.00.